The molecular weight excluding hydrogens is 396 g/mol. The minimum absolute atomic E-state index is 0.0104. The van der Waals surface area contributed by atoms with E-state index in [1.807, 2.05) is 36.4 Å². The Hall–Kier alpha value is -4.01. The monoisotopic (exact) mass is 418 g/mol. The van der Waals surface area contributed by atoms with Gasteiger partial charge in [0.1, 0.15) is 11.5 Å². The van der Waals surface area contributed by atoms with Crippen LogP contribution in [0.25, 0.3) is 11.4 Å². The number of hydrogen-bond acceptors (Lipinski definition) is 7. The zero-order chi connectivity index (χ0) is 21.6. The highest BCUT2D eigenvalue weighted by atomic mass is 16.6. The SMILES string of the molecule is O=C(CNc1ccccc1[N+](=O)[O-])N1CCN(c2ccnc(-c3ccccc3)n2)CC1. The number of nitro benzene ring substituents is 1. The van der Waals surface area contributed by atoms with Gasteiger partial charge in [0.05, 0.1) is 11.5 Å². The van der Waals surface area contributed by atoms with Crippen molar-refractivity contribution in [2.75, 3.05) is 42.9 Å². The average molecular weight is 418 g/mol. The van der Waals surface area contributed by atoms with Crippen LogP contribution in [-0.2, 0) is 4.79 Å². The number of para-hydroxylation sites is 2. The van der Waals surface area contributed by atoms with Gasteiger partial charge < -0.3 is 15.1 Å². The zero-order valence-electron chi connectivity index (χ0n) is 16.8. The molecule has 0 unspecified atom stereocenters. The summed E-state index contributed by atoms with van der Waals surface area (Å²) >= 11 is 0. The molecule has 0 saturated carbocycles. The number of aromatic nitrogens is 2. The Balaban J connectivity index is 1.34. The third-order valence-electron chi connectivity index (χ3n) is 5.16. The van der Waals surface area contributed by atoms with Gasteiger partial charge in [-0.2, -0.15) is 0 Å². The van der Waals surface area contributed by atoms with Crippen LogP contribution in [0.2, 0.25) is 0 Å². The van der Waals surface area contributed by atoms with Crippen LogP contribution in [0, 0.1) is 10.1 Å². The van der Waals surface area contributed by atoms with E-state index in [9.17, 15) is 14.9 Å². The number of rotatable bonds is 6. The van der Waals surface area contributed by atoms with E-state index in [0.29, 0.717) is 37.7 Å². The summed E-state index contributed by atoms with van der Waals surface area (Å²) in [6.07, 6.45) is 1.75. The molecule has 2 heterocycles. The molecule has 0 spiro atoms. The average Bonchev–Trinajstić information content (AvgIpc) is 2.83. The van der Waals surface area contributed by atoms with Crippen LogP contribution in [0.15, 0.2) is 66.9 Å². The number of nitrogens with zero attached hydrogens (tertiary/aromatic N) is 5. The fourth-order valence-electron chi connectivity index (χ4n) is 3.50. The normalized spacial score (nSPS) is 13.7. The van der Waals surface area contributed by atoms with E-state index >= 15 is 0 Å². The van der Waals surface area contributed by atoms with Crippen LogP contribution in [0.5, 0.6) is 0 Å². The molecule has 1 amide bonds. The summed E-state index contributed by atoms with van der Waals surface area (Å²) in [6, 6.07) is 18.0. The number of hydrogen-bond donors (Lipinski definition) is 1. The number of nitrogens with one attached hydrogen (secondary N) is 1. The lowest BCUT2D eigenvalue weighted by molar-refractivity contribution is -0.383. The van der Waals surface area contributed by atoms with Gasteiger partial charge in [-0.25, -0.2) is 9.97 Å². The Morgan fingerprint density at radius 1 is 1.00 bits per heavy atom. The van der Waals surface area contributed by atoms with Gasteiger partial charge in [0.2, 0.25) is 5.91 Å². The minimum Gasteiger partial charge on any atom is -0.371 e. The van der Waals surface area contributed by atoms with Crippen molar-refractivity contribution >= 4 is 23.1 Å². The predicted octanol–water partition coefficient (Wildman–Crippen LogP) is 2.81. The summed E-state index contributed by atoms with van der Waals surface area (Å²) in [6.45, 7) is 2.44. The second-order valence-corrected chi connectivity index (χ2v) is 7.10. The number of benzene rings is 2. The maximum Gasteiger partial charge on any atom is 0.292 e. The summed E-state index contributed by atoms with van der Waals surface area (Å²) in [4.78, 5) is 36.2. The highest BCUT2D eigenvalue weighted by molar-refractivity contribution is 5.82. The van der Waals surface area contributed by atoms with Gasteiger partial charge in [-0.15, -0.1) is 0 Å². The standard InChI is InChI=1S/C22H22N6O3/c29-21(16-24-18-8-4-5-9-19(18)28(30)31)27-14-12-26(13-15-27)20-10-11-23-22(25-20)17-6-2-1-3-7-17/h1-11,24H,12-16H2. The number of anilines is 2. The van der Waals surface area contributed by atoms with Crippen molar-refractivity contribution in [1.82, 2.24) is 14.9 Å². The van der Waals surface area contributed by atoms with Crippen LogP contribution < -0.4 is 10.2 Å². The number of nitro groups is 1. The predicted molar refractivity (Wildman–Crippen MR) is 118 cm³/mol. The number of carbonyl (C=O) groups is 1. The number of carbonyl (C=O) groups excluding carboxylic acids is 1. The lowest BCUT2D eigenvalue weighted by Crippen LogP contribution is -2.50. The molecule has 0 atom stereocenters. The smallest absolute Gasteiger partial charge is 0.292 e. The number of piperazine rings is 1. The summed E-state index contributed by atoms with van der Waals surface area (Å²) in [5.41, 5.74) is 1.26. The molecular formula is C22H22N6O3. The second-order valence-electron chi connectivity index (χ2n) is 7.10. The lowest BCUT2D eigenvalue weighted by Gasteiger charge is -2.35. The van der Waals surface area contributed by atoms with Crippen molar-refractivity contribution in [3.8, 4) is 11.4 Å². The topological polar surface area (TPSA) is 104 Å². The molecule has 9 heteroatoms. The quantitative estimate of drug-likeness (QED) is 0.485. The van der Waals surface area contributed by atoms with Crippen LogP contribution >= 0.6 is 0 Å². The molecule has 1 N–H and O–H groups in total. The Kier molecular flexibility index (Phi) is 6.02. The van der Waals surface area contributed by atoms with E-state index in [0.717, 1.165) is 11.4 Å². The first-order chi connectivity index (χ1) is 15.1. The Morgan fingerprint density at radius 2 is 1.71 bits per heavy atom. The molecule has 0 aliphatic carbocycles. The summed E-state index contributed by atoms with van der Waals surface area (Å²) in [5.74, 6) is 1.41. The van der Waals surface area contributed by atoms with E-state index in [4.69, 9.17) is 0 Å². The van der Waals surface area contributed by atoms with E-state index in [1.165, 1.54) is 6.07 Å². The van der Waals surface area contributed by atoms with Gasteiger partial charge in [0.25, 0.3) is 5.69 Å². The fourth-order valence-corrected chi connectivity index (χ4v) is 3.50. The van der Waals surface area contributed by atoms with Crippen molar-refractivity contribution in [1.29, 1.82) is 0 Å². The van der Waals surface area contributed by atoms with E-state index < -0.39 is 4.92 Å². The molecule has 0 radical (unpaired) electrons. The summed E-state index contributed by atoms with van der Waals surface area (Å²) < 4.78 is 0. The lowest BCUT2D eigenvalue weighted by atomic mass is 10.2. The molecule has 4 rings (SSSR count). The van der Waals surface area contributed by atoms with Crippen LogP contribution in [0.1, 0.15) is 0 Å². The van der Waals surface area contributed by atoms with Crippen molar-refractivity contribution in [2.24, 2.45) is 0 Å². The molecule has 1 aliphatic rings. The molecule has 0 bridgehead atoms. The third kappa shape index (κ3) is 4.77. The van der Waals surface area contributed by atoms with Crippen molar-refractivity contribution in [3.63, 3.8) is 0 Å². The maximum atomic E-state index is 12.6. The summed E-state index contributed by atoms with van der Waals surface area (Å²) in [5, 5.41) is 14.0. The Morgan fingerprint density at radius 3 is 2.45 bits per heavy atom. The largest absolute Gasteiger partial charge is 0.371 e. The molecule has 1 fully saturated rings. The van der Waals surface area contributed by atoms with Crippen LogP contribution in [0.4, 0.5) is 17.2 Å². The van der Waals surface area contributed by atoms with Gasteiger partial charge in [-0.3, -0.25) is 14.9 Å². The third-order valence-corrected chi connectivity index (χ3v) is 5.16. The van der Waals surface area contributed by atoms with Crippen molar-refractivity contribution in [3.05, 3.63) is 77.0 Å². The maximum absolute atomic E-state index is 12.6. The van der Waals surface area contributed by atoms with E-state index in [1.54, 1.807) is 29.3 Å². The first kappa shape index (κ1) is 20.3. The first-order valence-electron chi connectivity index (χ1n) is 10.0. The zero-order valence-corrected chi connectivity index (χ0v) is 16.8. The highest BCUT2D eigenvalue weighted by Crippen LogP contribution is 2.23. The first-order valence-corrected chi connectivity index (χ1v) is 10.0. The van der Waals surface area contributed by atoms with Gasteiger partial charge in [0.15, 0.2) is 5.82 Å². The van der Waals surface area contributed by atoms with Gasteiger partial charge in [-0.05, 0) is 12.1 Å². The second kappa shape index (κ2) is 9.21. The molecule has 31 heavy (non-hydrogen) atoms. The number of amides is 1. The Labute approximate surface area is 179 Å². The van der Waals surface area contributed by atoms with E-state index in [2.05, 4.69) is 20.2 Å². The molecule has 158 valence electrons. The van der Waals surface area contributed by atoms with Crippen molar-refractivity contribution < 1.29 is 9.72 Å². The van der Waals surface area contributed by atoms with Gasteiger partial charge in [-0.1, -0.05) is 42.5 Å². The molecule has 1 aromatic heterocycles. The van der Waals surface area contributed by atoms with Gasteiger partial charge in [0, 0.05) is 44.0 Å². The van der Waals surface area contributed by atoms with E-state index in [-0.39, 0.29) is 18.1 Å². The van der Waals surface area contributed by atoms with Gasteiger partial charge >= 0.3 is 0 Å². The van der Waals surface area contributed by atoms with Crippen LogP contribution in [-0.4, -0.2) is 58.4 Å². The Bertz CT molecular complexity index is 1070. The molecule has 3 aromatic rings. The highest BCUT2D eigenvalue weighted by Gasteiger charge is 2.23. The summed E-state index contributed by atoms with van der Waals surface area (Å²) in [7, 11) is 0. The van der Waals surface area contributed by atoms with Crippen LogP contribution in [0.3, 0.4) is 0 Å². The van der Waals surface area contributed by atoms with Crippen molar-refractivity contribution in [2.45, 2.75) is 0 Å². The molecule has 1 aliphatic heterocycles. The molecule has 2 aromatic carbocycles. The fraction of sp³-hybridized carbons (Fsp3) is 0.227. The minimum atomic E-state index is -0.461. The molecule has 1 saturated heterocycles. The molecule has 9 nitrogen and oxygen atoms in total.